The number of aryl methyl sites for hydroxylation is 2. The third-order valence-corrected chi connectivity index (χ3v) is 3.81. The van der Waals surface area contributed by atoms with Gasteiger partial charge in [0, 0.05) is 10.0 Å². The number of halogens is 1. The highest BCUT2D eigenvalue weighted by Crippen LogP contribution is 2.29. The maximum Gasteiger partial charge on any atom is 0.126 e. The SMILES string of the molecule is Cc1ccc(C)c(COc2cc(Br)ccc2C(C)O)c1. The van der Waals surface area contributed by atoms with E-state index in [1.807, 2.05) is 18.2 Å². The fraction of sp³-hybridized carbons (Fsp3) is 0.294. The van der Waals surface area contributed by atoms with E-state index in [0.717, 1.165) is 15.8 Å². The molecule has 2 aromatic carbocycles. The molecule has 3 heteroatoms. The zero-order valence-corrected chi connectivity index (χ0v) is 13.6. The van der Waals surface area contributed by atoms with E-state index in [1.54, 1.807) is 6.92 Å². The fourth-order valence-corrected chi connectivity index (χ4v) is 2.43. The van der Waals surface area contributed by atoms with Gasteiger partial charge in [-0.2, -0.15) is 0 Å². The van der Waals surface area contributed by atoms with Gasteiger partial charge in [0.05, 0.1) is 6.10 Å². The Hall–Kier alpha value is -1.32. The molecule has 0 aliphatic rings. The van der Waals surface area contributed by atoms with Gasteiger partial charge >= 0.3 is 0 Å². The lowest BCUT2D eigenvalue weighted by Crippen LogP contribution is -2.02. The lowest BCUT2D eigenvalue weighted by Gasteiger charge is -2.15. The van der Waals surface area contributed by atoms with Crippen molar-refractivity contribution in [2.45, 2.75) is 33.5 Å². The molecule has 0 saturated carbocycles. The van der Waals surface area contributed by atoms with Gasteiger partial charge in [0.2, 0.25) is 0 Å². The Balaban J connectivity index is 2.22. The van der Waals surface area contributed by atoms with Gasteiger partial charge < -0.3 is 9.84 Å². The second kappa shape index (κ2) is 6.42. The number of rotatable bonds is 4. The van der Waals surface area contributed by atoms with Gasteiger partial charge in [-0.15, -0.1) is 0 Å². The summed E-state index contributed by atoms with van der Waals surface area (Å²) in [6, 6.07) is 12.0. The van der Waals surface area contributed by atoms with E-state index in [1.165, 1.54) is 16.7 Å². The summed E-state index contributed by atoms with van der Waals surface area (Å²) in [6.45, 7) is 6.40. The molecule has 0 amide bonds. The van der Waals surface area contributed by atoms with Crippen LogP contribution in [0.2, 0.25) is 0 Å². The van der Waals surface area contributed by atoms with Crippen LogP contribution in [0, 0.1) is 13.8 Å². The molecule has 0 heterocycles. The van der Waals surface area contributed by atoms with Crippen LogP contribution in [0.5, 0.6) is 5.75 Å². The molecule has 0 saturated heterocycles. The Kier molecular flexibility index (Phi) is 4.84. The number of hydrogen-bond acceptors (Lipinski definition) is 2. The van der Waals surface area contributed by atoms with Crippen molar-refractivity contribution in [3.63, 3.8) is 0 Å². The van der Waals surface area contributed by atoms with Crippen LogP contribution in [0.25, 0.3) is 0 Å². The van der Waals surface area contributed by atoms with E-state index < -0.39 is 6.10 Å². The summed E-state index contributed by atoms with van der Waals surface area (Å²) >= 11 is 3.44. The Labute approximate surface area is 128 Å². The highest BCUT2D eigenvalue weighted by atomic mass is 79.9. The molecular weight excluding hydrogens is 316 g/mol. The highest BCUT2D eigenvalue weighted by Gasteiger charge is 2.10. The van der Waals surface area contributed by atoms with Gasteiger partial charge in [-0.25, -0.2) is 0 Å². The van der Waals surface area contributed by atoms with Gasteiger partial charge in [0.25, 0.3) is 0 Å². The summed E-state index contributed by atoms with van der Waals surface area (Å²) in [4.78, 5) is 0. The van der Waals surface area contributed by atoms with Gasteiger partial charge in [0.15, 0.2) is 0 Å². The third-order valence-electron chi connectivity index (χ3n) is 3.31. The molecule has 2 aromatic rings. The molecule has 0 aliphatic heterocycles. The molecular formula is C17H19BrO2. The molecule has 0 aromatic heterocycles. The molecule has 0 bridgehead atoms. The quantitative estimate of drug-likeness (QED) is 0.878. The topological polar surface area (TPSA) is 29.5 Å². The van der Waals surface area contributed by atoms with Crippen LogP contribution in [-0.2, 0) is 6.61 Å². The predicted octanol–water partition coefficient (Wildman–Crippen LogP) is 4.70. The van der Waals surface area contributed by atoms with Crippen LogP contribution >= 0.6 is 15.9 Å². The van der Waals surface area contributed by atoms with E-state index in [4.69, 9.17) is 4.74 Å². The largest absolute Gasteiger partial charge is 0.488 e. The van der Waals surface area contributed by atoms with Gasteiger partial charge in [-0.05, 0) is 44.0 Å². The second-order valence-electron chi connectivity index (χ2n) is 5.08. The molecule has 1 unspecified atom stereocenters. The third kappa shape index (κ3) is 3.62. The fourth-order valence-electron chi connectivity index (χ4n) is 2.09. The van der Waals surface area contributed by atoms with E-state index in [9.17, 15) is 5.11 Å². The zero-order valence-electron chi connectivity index (χ0n) is 12.0. The molecule has 20 heavy (non-hydrogen) atoms. The first kappa shape index (κ1) is 15.1. The standard InChI is InChI=1S/C17H19BrO2/c1-11-4-5-12(2)14(8-11)10-20-17-9-15(18)6-7-16(17)13(3)19/h4-9,13,19H,10H2,1-3H3. The smallest absolute Gasteiger partial charge is 0.126 e. The van der Waals surface area contributed by atoms with Crippen LogP contribution in [0.15, 0.2) is 40.9 Å². The minimum atomic E-state index is -0.545. The van der Waals surface area contributed by atoms with Crippen LogP contribution in [0.4, 0.5) is 0 Å². The van der Waals surface area contributed by atoms with Gasteiger partial charge in [-0.1, -0.05) is 45.8 Å². The summed E-state index contributed by atoms with van der Waals surface area (Å²) in [5.74, 6) is 0.718. The molecule has 0 radical (unpaired) electrons. The highest BCUT2D eigenvalue weighted by molar-refractivity contribution is 9.10. The van der Waals surface area contributed by atoms with Crippen molar-refractivity contribution in [2.75, 3.05) is 0 Å². The first-order chi connectivity index (χ1) is 9.47. The molecule has 0 fully saturated rings. The predicted molar refractivity (Wildman–Crippen MR) is 85.0 cm³/mol. The number of hydrogen-bond donors (Lipinski definition) is 1. The van der Waals surface area contributed by atoms with Crippen molar-refractivity contribution in [3.8, 4) is 5.75 Å². The number of aliphatic hydroxyl groups excluding tert-OH is 1. The van der Waals surface area contributed by atoms with E-state index in [2.05, 4.69) is 48.0 Å². The Bertz CT molecular complexity index is 606. The lowest BCUT2D eigenvalue weighted by atomic mass is 10.1. The Morgan fingerprint density at radius 2 is 1.90 bits per heavy atom. The van der Waals surface area contributed by atoms with E-state index in [0.29, 0.717) is 6.61 Å². The van der Waals surface area contributed by atoms with Crippen LogP contribution in [-0.4, -0.2) is 5.11 Å². The second-order valence-corrected chi connectivity index (χ2v) is 5.99. The van der Waals surface area contributed by atoms with Crippen molar-refractivity contribution >= 4 is 15.9 Å². The normalized spacial score (nSPS) is 12.2. The Morgan fingerprint density at radius 1 is 1.15 bits per heavy atom. The van der Waals surface area contributed by atoms with Crippen molar-refractivity contribution in [1.82, 2.24) is 0 Å². The molecule has 2 nitrogen and oxygen atoms in total. The Morgan fingerprint density at radius 3 is 2.60 bits per heavy atom. The minimum Gasteiger partial charge on any atom is -0.488 e. The van der Waals surface area contributed by atoms with Gasteiger partial charge in [-0.3, -0.25) is 0 Å². The van der Waals surface area contributed by atoms with Crippen LogP contribution < -0.4 is 4.74 Å². The first-order valence-electron chi connectivity index (χ1n) is 6.64. The molecule has 0 aliphatic carbocycles. The van der Waals surface area contributed by atoms with Crippen molar-refractivity contribution in [1.29, 1.82) is 0 Å². The lowest BCUT2D eigenvalue weighted by molar-refractivity contribution is 0.190. The van der Waals surface area contributed by atoms with E-state index in [-0.39, 0.29) is 0 Å². The van der Waals surface area contributed by atoms with Crippen LogP contribution in [0.3, 0.4) is 0 Å². The molecule has 2 rings (SSSR count). The molecule has 1 atom stereocenters. The number of aliphatic hydroxyl groups is 1. The van der Waals surface area contributed by atoms with Crippen LogP contribution in [0.1, 0.15) is 35.3 Å². The maximum atomic E-state index is 9.80. The summed E-state index contributed by atoms with van der Waals surface area (Å²) in [6.07, 6.45) is -0.545. The average Bonchev–Trinajstić information content (AvgIpc) is 2.39. The number of benzene rings is 2. The summed E-state index contributed by atoms with van der Waals surface area (Å²) in [5.41, 5.74) is 4.41. The molecule has 0 spiro atoms. The van der Waals surface area contributed by atoms with Crippen molar-refractivity contribution in [3.05, 3.63) is 63.1 Å². The minimum absolute atomic E-state index is 0.504. The zero-order chi connectivity index (χ0) is 14.7. The summed E-state index contributed by atoms with van der Waals surface area (Å²) in [7, 11) is 0. The summed E-state index contributed by atoms with van der Waals surface area (Å²) < 4.78 is 6.85. The monoisotopic (exact) mass is 334 g/mol. The van der Waals surface area contributed by atoms with Gasteiger partial charge in [0.1, 0.15) is 12.4 Å². The molecule has 106 valence electrons. The molecule has 1 N–H and O–H groups in total. The summed E-state index contributed by atoms with van der Waals surface area (Å²) in [5, 5.41) is 9.80. The van der Waals surface area contributed by atoms with E-state index >= 15 is 0 Å². The first-order valence-corrected chi connectivity index (χ1v) is 7.43. The van der Waals surface area contributed by atoms with Crippen molar-refractivity contribution < 1.29 is 9.84 Å². The number of ether oxygens (including phenoxy) is 1. The maximum absolute atomic E-state index is 9.80. The van der Waals surface area contributed by atoms with Crippen molar-refractivity contribution in [2.24, 2.45) is 0 Å². The average molecular weight is 335 g/mol.